The molecule has 0 amide bonds. The molecule has 0 spiro atoms. The highest BCUT2D eigenvalue weighted by atomic mass is 15.3. The van der Waals surface area contributed by atoms with Crippen LogP contribution in [0.5, 0.6) is 0 Å². The molecule has 0 aliphatic carbocycles. The Labute approximate surface area is 94.3 Å². The molecule has 0 aliphatic rings. The van der Waals surface area contributed by atoms with Crippen LogP contribution in [0.2, 0.25) is 0 Å². The maximum Gasteiger partial charge on any atom is 0.115 e. The van der Waals surface area contributed by atoms with Crippen molar-refractivity contribution in [1.82, 2.24) is 19.7 Å². The minimum absolute atomic E-state index is 0.113. The molecule has 5 heteroatoms. The Kier molecular flexibility index (Phi) is 2.96. The van der Waals surface area contributed by atoms with E-state index in [1.807, 2.05) is 30.8 Å². The second-order valence-corrected chi connectivity index (χ2v) is 3.85. The van der Waals surface area contributed by atoms with E-state index >= 15 is 0 Å². The minimum Gasteiger partial charge on any atom is -0.322 e. The lowest BCUT2D eigenvalue weighted by Crippen LogP contribution is -2.16. The van der Waals surface area contributed by atoms with Crippen molar-refractivity contribution in [2.24, 2.45) is 12.8 Å². The fourth-order valence-corrected chi connectivity index (χ4v) is 1.71. The zero-order valence-corrected chi connectivity index (χ0v) is 9.46. The molecule has 0 fully saturated rings. The molecule has 84 valence electrons. The van der Waals surface area contributed by atoms with Gasteiger partial charge in [0.15, 0.2) is 0 Å². The first-order chi connectivity index (χ1) is 7.66. The van der Waals surface area contributed by atoms with Crippen molar-refractivity contribution in [3.8, 4) is 0 Å². The Morgan fingerprint density at radius 2 is 2.31 bits per heavy atom. The van der Waals surface area contributed by atoms with Crippen LogP contribution in [0.3, 0.4) is 0 Å². The van der Waals surface area contributed by atoms with Crippen LogP contribution in [0.25, 0.3) is 0 Å². The maximum absolute atomic E-state index is 6.07. The van der Waals surface area contributed by atoms with Crippen molar-refractivity contribution in [3.63, 3.8) is 0 Å². The van der Waals surface area contributed by atoms with Gasteiger partial charge < -0.3 is 5.73 Å². The van der Waals surface area contributed by atoms with Gasteiger partial charge in [-0.2, -0.15) is 5.10 Å². The summed E-state index contributed by atoms with van der Waals surface area (Å²) in [6.45, 7) is 1.97. The highest BCUT2D eigenvalue weighted by Gasteiger charge is 2.11. The highest BCUT2D eigenvalue weighted by molar-refractivity contribution is 5.13. The number of hydrogen-bond acceptors (Lipinski definition) is 4. The Hall–Kier alpha value is -1.75. The summed E-state index contributed by atoms with van der Waals surface area (Å²) in [6, 6.07) is 3.77. The van der Waals surface area contributed by atoms with Gasteiger partial charge in [0.05, 0.1) is 17.4 Å². The molecule has 0 aliphatic heterocycles. The Balaban J connectivity index is 2.14. The second-order valence-electron chi connectivity index (χ2n) is 3.85. The van der Waals surface area contributed by atoms with Crippen molar-refractivity contribution in [3.05, 3.63) is 41.7 Å². The molecule has 0 saturated heterocycles. The first-order valence-electron chi connectivity index (χ1n) is 5.18. The zero-order valence-electron chi connectivity index (χ0n) is 9.46. The van der Waals surface area contributed by atoms with Crippen LogP contribution in [-0.4, -0.2) is 19.7 Å². The SMILES string of the molecule is Cc1cc(CC(N)c2ccncn2)n(C)n1. The number of aromatic nitrogens is 4. The van der Waals surface area contributed by atoms with Gasteiger partial charge in [-0.3, -0.25) is 4.68 Å². The summed E-state index contributed by atoms with van der Waals surface area (Å²) < 4.78 is 1.86. The molecule has 0 bridgehead atoms. The summed E-state index contributed by atoms with van der Waals surface area (Å²) in [5.41, 5.74) is 9.05. The van der Waals surface area contributed by atoms with E-state index in [1.165, 1.54) is 6.33 Å². The van der Waals surface area contributed by atoms with Crippen LogP contribution in [0.15, 0.2) is 24.7 Å². The summed E-state index contributed by atoms with van der Waals surface area (Å²) in [5, 5.41) is 4.29. The zero-order chi connectivity index (χ0) is 11.5. The average Bonchev–Trinajstić information content (AvgIpc) is 2.59. The van der Waals surface area contributed by atoms with E-state index in [9.17, 15) is 0 Å². The number of nitrogens with zero attached hydrogens (tertiary/aromatic N) is 4. The van der Waals surface area contributed by atoms with Crippen molar-refractivity contribution in [2.45, 2.75) is 19.4 Å². The van der Waals surface area contributed by atoms with Crippen LogP contribution < -0.4 is 5.73 Å². The molecule has 2 N–H and O–H groups in total. The third-order valence-electron chi connectivity index (χ3n) is 2.51. The quantitative estimate of drug-likeness (QED) is 0.824. The molecule has 5 nitrogen and oxygen atoms in total. The topological polar surface area (TPSA) is 69.6 Å². The van der Waals surface area contributed by atoms with E-state index in [4.69, 9.17) is 5.73 Å². The van der Waals surface area contributed by atoms with Gasteiger partial charge in [-0.05, 0) is 19.1 Å². The average molecular weight is 217 g/mol. The largest absolute Gasteiger partial charge is 0.322 e. The number of nitrogens with two attached hydrogens (primary N) is 1. The van der Waals surface area contributed by atoms with E-state index in [0.29, 0.717) is 0 Å². The lowest BCUT2D eigenvalue weighted by atomic mass is 10.1. The van der Waals surface area contributed by atoms with Gasteiger partial charge in [-0.1, -0.05) is 0 Å². The Bertz CT molecular complexity index is 462. The summed E-state index contributed by atoms with van der Waals surface area (Å²) in [6.07, 6.45) is 3.95. The van der Waals surface area contributed by atoms with Crippen LogP contribution in [0, 0.1) is 6.92 Å². The Morgan fingerprint density at radius 1 is 1.50 bits per heavy atom. The summed E-state index contributed by atoms with van der Waals surface area (Å²) in [7, 11) is 1.93. The van der Waals surface area contributed by atoms with Crippen molar-refractivity contribution >= 4 is 0 Å². The summed E-state index contributed by atoms with van der Waals surface area (Å²) in [5.74, 6) is 0. The maximum atomic E-state index is 6.07. The van der Waals surface area contributed by atoms with E-state index in [2.05, 4.69) is 15.1 Å². The van der Waals surface area contributed by atoms with Crippen LogP contribution in [-0.2, 0) is 13.5 Å². The molecule has 0 saturated carbocycles. The molecule has 1 unspecified atom stereocenters. The molecule has 0 radical (unpaired) electrons. The van der Waals surface area contributed by atoms with Gasteiger partial charge >= 0.3 is 0 Å². The minimum atomic E-state index is -0.113. The third-order valence-corrected chi connectivity index (χ3v) is 2.51. The summed E-state index contributed by atoms with van der Waals surface area (Å²) >= 11 is 0. The predicted octanol–water partition coefficient (Wildman–Crippen LogP) is 0.761. The first kappa shape index (κ1) is 10.8. The van der Waals surface area contributed by atoms with E-state index in [0.717, 1.165) is 23.5 Å². The molecule has 0 aromatic carbocycles. The second kappa shape index (κ2) is 4.40. The van der Waals surface area contributed by atoms with Gasteiger partial charge in [0.2, 0.25) is 0 Å². The number of hydrogen-bond donors (Lipinski definition) is 1. The fourth-order valence-electron chi connectivity index (χ4n) is 1.71. The summed E-state index contributed by atoms with van der Waals surface area (Å²) in [4.78, 5) is 8.02. The fraction of sp³-hybridized carbons (Fsp3) is 0.364. The van der Waals surface area contributed by atoms with Crippen molar-refractivity contribution < 1.29 is 0 Å². The van der Waals surface area contributed by atoms with E-state index in [-0.39, 0.29) is 6.04 Å². The predicted molar refractivity (Wildman–Crippen MR) is 60.6 cm³/mol. The standard InChI is InChI=1S/C11H15N5/c1-8-5-9(16(2)15-8)6-10(12)11-3-4-13-7-14-11/h3-5,7,10H,6,12H2,1-2H3. The first-order valence-corrected chi connectivity index (χ1v) is 5.18. The molecule has 2 aromatic rings. The normalized spacial score (nSPS) is 12.7. The molecule has 16 heavy (non-hydrogen) atoms. The highest BCUT2D eigenvalue weighted by Crippen LogP contribution is 2.13. The molecule has 2 aromatic heterocycles. The van der Waals surface area contributed by atoms with E-state index in [1.54, 1.807) is 6.20 Å². The van der Waals surface area contributed by atoms with E-state index < -0.39 is 0 Å². The molecular formula is C11H15N5. The van der Waals surface area contributed by atoms with Crippen LogP contribution in [0.1, 0.15) is 23.1 Å². The van der Waals surface area contributed by atoms with Gasteiger partial charge in [0.25, 0.3) is 0 Å². The number of aryl methyl sites for hydroxylation is 2. The molecule has 1 atom stereocenters. The third kappa shape index (κ3) is 2.25. The lowest BCUT2D eigenvalue weighted by Gasteiger charge is -2.10. The Morgan fingerprint density at radius 3 is 2.88 bits per heavy atom. The lowest BCUT2D eigenvalue weighted by molar-refractivity contribution is 0.627. The monoisotopic (exact) mass is 217 g/mol. The molecule has 2 heterocycles. The smallest absolute Gasteiger partial charge is 0.115 e. The molecular weight excluding hydrogens is 202 g/mol. The van der Waals surface area contributed by atoms with Crippen LogP contribution in [0.4, 0.5) is 0 Å². The number of rotatable bonds is 3. The van der Waals surface area contributed by atoms with Gasteiger partial charge in [-0.15, -0.1) is 0 Å². The van der Waals surface area contributed by atoms with Gasteiger partial charge in [0.1, 0.15) is 6.33 Å². The molecule has 2 rings (SSSR count). The van der Waals surface area contributed by atoms with Crippen molar-refractivity contribution in [1.29, 1.82) is 0 Å². The van der Waals surface area contributed by atoms with Crippen molar-refractivity contribution in [2.75, 3.05) is 0 Å². The van der Waals surface area contributed by atoms with Gasteiger partial charge in [0, 0.05) is 25.4 Å². The van der Waals surface area contributed by atoms with Crippen LogP contribution >= 0.6 is 0 Å². The van der Waals surface area contributed by atoms with Gasteiger partial charge in [-0.25, -0.2) is 9.97 Å².